The summed E-state index contributed by atoms with van der Waals surface area (Å²) in [6.07, 6.45) is 0. The first-order valence-corrected chi connectivity index (χ1v) is 32.9. The third-order valence-corrected chi connectivity index (χ3v) is 20.9. The highest BCUT2D eigenvalue weighted by molar-refractivity contribution is 7.33. The minimum absolute atomic E-state index is 0.0834. The van der Waals surface area contributed by atoms with Gasteiger partial charge in [0.05, 0.1) is 33.8 Å². The van der Waals surface area contributed by atoms with Crippen molar-refractivity contribution < 1.29 is 0 Å². The third kappa shape index (κ3) is 8.95. The molecular formula is C83H75BN6S. The molecule has 2 aliphatic rings. The number of hydrogen-bond acceptors (Lipinski definition) is 5. The first-order chi connectivity index (χ1) is 43.8. The van der Waals surface area contributed by atoms with E-state index in [0.29, 0.717) is 0 Å². The molecule has 0 saturated carbocycles. The van der Waals surface area contributed by atoms with E-state index in [1.807, 2.05) is 11.3 Å². The molecule has 5 heterocycles. The number of anilines is 12. The second-order valence-electron chi connectivity index (χ2n) is 28.0. The van der Waals surface area contributed by atoms with Crippen LogP contribution in [0.2, 0.25) is 0 Å². The summed E-state index contributed by atoms with van der Waals surface area (Å²) in [6.45, 7) is 25.1. The van der Waals surface area contributed by atoms with Crippen molar-refractivity contribution >= 4 is 156 Å². The molecule has 0 N–H and O–H groups in total. The van der Waals surface area contributed by atoms with Gasteiger partial charge in [0.2, 0.25) is 0 Å². The van der Waals surface area contributed by atoms with Crippen LogP contribution >= 0.6 is 11.3 Å². The lowest BCUT2D eigenvalue weighted by atomic mass is 9.36. The second kappa shape index (κ2) is 20.6. The Morgan fingerprint density at radius 1 is 0.385 bits per heavy atom. The van der Waals surface area contributed by atoms with E-state index >= 15 is 0 Å². The van der Waals surface area contributed by atoms with Crippen molar-refractivity contribution in [3.05, 3.63) is 257 Å². The highest BCUT2D eigenvalue weighted by atomic mass is 32.1. The standard InChI is InChI=1S/C83H75BN6S/c1-50-22-32-57(33-23-50)87(58-34-24-51(2)25-35-58)72-48-62(47-71-77(72)64-19-15-17-21-69(64)85(71)12)89-70-40-30-56(83(9,10)11)45-67(70)84-78-73(89)42-54(5)43-74(78)90(80-66-44-55(82(6,7)8)31-41-76(66)91-81(80)84)61-46-65-63-18-14-16-20-68(63)86(13)79(65)75(49-61)88(59-36-26-52(3)27-37-59)60-38-28-53(4)29-39-60/h14-49H,1-13H3. The van der Waals surface area contributed by atoms with Crippen molar-refractivity contribution in [2.75, 3.05) is 19.6 Å². The van der Waals surface area contributed by atoms with Gasteiger partial charge < -0.3 is 28.7 Å². The monoisotopic (exact) mass is 1200 g/mol. The van der Waals surface area contributed by atoms with E-state index in [0.717, 1.165) is 45.5 Å². The second-order valence-corrected chi connectivity index (χ2v) is 29.1. The van der Waals surface area contributed by atoms with Gasteiger partial charge in [-0.25, -0.2) is 0 Å². The lowest BCUT2D eigenvalue weighted by Gasteiger charge is -2.44. The first-order valence-electron chi connectivity index (χ1n) is 32.1. The van der Waals surface area contributed by atoms with Crippen LogP contribution < -0.4 is 35.3 Å². The molecule has 16 rings (SSSR count). The van der Waals surface area contributed by atoms with Gasteiger partial charge >= 0.3 is 0 Å². The summed E-state index contributed by atoms with van der Waals surface area (Å²) in [5, 5.41) is 6.15. The van der Waals surface area contributed by atoms with Crippen LogP contribution in [0.3, 0.4) is 0 Å². The molecule has 2 aliphatic heterocycles. The van der Waals surface area contributed by atoms with E-state index < -0.39 is 0 Å². The average Bonchev–Trinajstić information content (AvgIpc) is 1.68. The number of rotatable bonds is 8. The van der Waals surface area contributed by atoms with Crippen molar-refractivity contribution in [3.8, 4) is 0 Å². The maximum absolute atomic E-state index is 2.70. The zero-order valence-electron chi connectivity index (χ0n) is 54.5. The maximum atomic E-state index is 2.70. The lowest BCUT2D eigenvalue weighted by Crippen LogP contribution is -2.60. The highest BCUT2D eigenvalue weighted by Gasteiger charge is 2.46. The van der Waals surface area contributed by atoms with Crippen LogP contribution in [0, 0.1) is 34.6 Å². The predicted molar refractivity (Wildman–Crippen MR) is 394 cm³/mol. The van der Waals surface area contributed by atoms with Crippen LogP contribution in [-0.2, 0) is 24.9 Å². The number of fused-ring (bicyclic) bond motifs is 12. The van der Waals surface area contributed by atoms with Crippen LogP contribution in [-0.4, -0.2) is 15.8 Å². The third-order valence-electron chi connectivity index (χ3n) is 19.6. The summed E-state index contributed by atoms with van der Waals surface area (Å²) in [5.41, 5.74) is 29.6. The Morgan fingerprint density at radius 2 is 0.868 bits per heavy atom. The van der Waals surface area contributed by atoms with Crippen molar-refractivity contribution in [1.29, 1.82) is 0 Å². The van der Waals surface area contributed by atoms with Gasteiger partial charge in [-0.05, 0) is 188 Å². The van der Waals surface area contributed by atoms with E-state index in [1.165, 1.54) is 131 Å². The Morgan fingerprint density at radius 3 is 1.44 bits per heavy atom. The number of thiophene rings is 1. The summed E-state index contributed by atoms with van der Waals surface area (Å²) in [7, 11) is 4.49. The molecule has 6 nitrogen and oxygen atoms in total. The van der Waals surface area contributed by atoms with E-state index in [4.69, 9.17) is 0 Å². The summed E-state index contributed by atoms with van der Waals surface area (Å²) in [5.74, 6) is 0. The van der Waals surface area contributed by atoms with Gasteiger partial charge in [0, 0.05) is 107 Å². The van der Waals surface area contributed by atoms with Gasteiger partial charge in [0.1, 0.15) is 0 Å². The van der Waals surface area contributed by atoms with Crippen LogP contribution in [0.5, 0.6) is 0 Å². The van der Waals surface area contributed by atoms with Gasteiger partial charge in [-0.15, -0.1) is 11.3 Å². The number of benzene rings is 11. The van der Waals surface area contributed by atoms with Crippen LogP contribution in [0.15, 0.2) is 218 Å². The zero-order valence-corrected chi connectivity index (χ0v) is 55.3. The lowest BCUT2D eigenvalue weighted by molar-refractivity contribution is 0.590. The fourth-order valence-electron chi connectivity index (χ4n) is 14.9. The van der Waals surface area contributed by atoms with E-state index in [1.54, 1.807) is 0 Å². The summed E-state index contributed by atoms with van der Waals surface area (Å²) < 4.78 is 7.48. The van der Waals surface area contributed by atoms with Gasteiger partial charge in [-0.2, -0.15) is 0 Å². The smallest absolute Gasteiger partial charge is 0.264 e. The molecule has 0 bridgehead atoms. The van der Waals surface area contributed by atoms with Crippen LogP contribution in [0.4, 0.5) is 68.2 Å². The number of para-hydroxylation sites is 2. The number of aromatic nitrogens is 2. The highest BCUT2D eigenvalue weighted by Crippen LogP contribution is 2.54. The molecule has 8 heteroatoms. The molecule has 0 amide bonds. The van der Waals surface area contributed by atoms with Crippen molar-refractivity contribution in [2.24, 2.45) is 14.1 Å². The van der Waals surface area contributed by atoms with Crippen molar-refractivity contribution in [3.63, 3.8) is 0 Å². The summed E-state index contributed by atoms with van der Waals surface area (Å²) in [4.78, 5) is 10.3. The van der Waals surface area contributed by atoms with Crippen LogP contribution in [0.25, 0.3) is 53.7 Å². The van der Waals surface area contributed by atoms with Gasteiger partial charge in [0.25, 0.3) is 6.71 Å². The molecule has 91 heavy (non-hydrogen) atoms. The number of hydrogen-bond donors (Lipinski definition) is 0. The average molecular weight is 1200 g/mol. The normalized spacial score (nSPS) is 13.0. The molecule has 3 aromatic heterocycles. The molecule has 0 aliphatic carbocycles. The minimum atomic E-state index is -0.121. The SMILES string of the molecule is Cc1ccc(N(c2ccc(C)cc2)c2cc(N3c4ccc(C(C)(C)C)cc4B4c5sc6ccc(C(C)(C)C)cc6c5N(c5cc(N(c6ccc(C)cc6)c6ccc(C)cc6)c6c(c5)c5ccccc5n6C)c5cc(C)cc3c54)cc3c2c2ccccc2n3C)cc1. The molecule has 446 valence electrons. The predicted octanol–water partition coefficient (Wildman–Crippen LogP) is 21.4. The molecule has 0 atom stereocenters. The quantitative estimate of drug-likeness (QED) is 0.141. The molecule has 14 aromatic rings. The Kier molecular flexibility index (Phi) is 12.8. The molecule has 0 radical (unpaired) electrons. The zero-order chi connectivity index (χ0) is 62.7. The topological polar surface area (TPSA) is 22.8 Å². The molecular weight excluding hydrogens is 1120 g/mol. The van der Waals surface area contributed by atoms with Crippen molar-refractivity contribution in [2.45, 2.75) is 87.0 Å². The van der Waals surface area contributed by atoms with Gasteiger partial charge in [-0.3, -0.25) is 0 Å². The Labute approximate surface area is 539 Å². The summed E-state index contributed by atoms with van der Waals surface area (Å²) in [6, 6.07) is 83.9. The fraction of sp³-hybridized carbons (Fsp3) is 0.181. The van der Waals surface area contributed by atoms with E-state index in [2.05, 4.69) is 337 Å². The molecule has 0 saturated heterocycles. The van der Waals surface area contributed by atoms with E-state index in [9.17, 15) is 0 Å². The minimum Gasteiger partial charge on any atom is -0.343 e. The van der Waals surface area contributed by atoms with Gasteiger partial charge in [0.15, 0.2) is 0 Å². The largest absolute Gasteiger partial charge is 0.343 e. The van der Waals surface area contributed by atoms with Crippen LogP contribution in [0.1, 0.15) is 80.5 Å². The Hall–Kier alpha value is -9.76. The number of aryl methyl sites for hydroxylation is 7. The summed E-state index contributed by atoms with van der Waals surface area (Å²) >= 11 is 1.98. The van der Waals surface area contributed by atoms with E-state index in [-0.39, 0.29) is 17.5 Å². The molecule has 11 aromatic carbocycles. The Balaban J connectivity index is 1.04. The first kappa shape index (κ1) is 56.5. The molecule has 0 spiro atoms. The Bertz CT molecular complexity index is 5190. The van der Waals surface area contributed by atoms with Crippen molar-refractivity contribution in [1.82, 2.24) is 9.13 Å². The fourth-order valence-corrected chi connectivity index (χ4v) is 16.2. The molecule has 0 fully saturated rings. The molecule has 0 unspecified atom stereocenters. The number of nitrogens with zero attached hydrogens (tertiary/aromatic N) is 6. The van der Waals surface area contributed by atoms with Gasteiger partial charge in [-0.1, -0.05) is 167 Å². The maximum Gasteiger partial charge on any atom is 0.264 e.